The summed E-state index contributed by atoms with van der Waals surface area (Å²) in [7, 11) is 0. The number of rotatable bonds is 13. The largest absolute Gasteiger partial charge is 0.379 e. The van der Waals surface area contributed by atoms with Crippen molar-refractivity contribution in [3.63, 3.8) is 0 Å². The van der Waals surface area contributed by atoms with Gasteiger partial charge in [-0.3, -0.25) is 0 Å². The van der Waals surface area contributed by atoms with Crippen molar-refractivity contribution in [2.24, 2.45) is 5.92 Å². The first kappa shape index (κ1) is 18.0. The van der Waals surface area contributed by atoms with Crippen LogP contribution in [0.15, 0.2) is 0 Å². The maximum atomic E-state index is 5.82. The summed E-state index contributed by atoms with van der Waals surface area (Å²) in [4.78, 5) is 0. The van der Waals surface area contributed by atoms with Crippen LogP contribution < -0.4 is 0 Å². The Morgan fingerprint density at radius 3 is 1.61 bits per heavy atom. The van der Waals surface area contributed by atoms with E-state index in [-0.39, 0.29) is 0 Å². The minimum absolute atomic E-state index is 0.388. The first-order valence-electron chi connectivity index (χ1n) is 8.32. The Morgan fingerprint density at radius 2 is 1.22 bits per heavy atom. The monoisotopic (exact) mass is 256 g/mol. The van der Waals surface area contributed by atoms with E-state index < -0.39 is 0 Å². The second-order valence-corrected chi connectivity index (χ2v) is 5.95. The third-order valence-electron chi connectivity index (χ3n) is 3.60. The molecule has 0 aromatic carbocycles. The highest BCUT2D eigenvalue weighted by Crippen LogP contribution is 2.19. The van der Waals surface area contributed by atoms with E-state index in [1.807, 2.05) is 0 Å². The van der Waals surface area contributed by atoms with Crippen molar-refractivity contribution in [3.05, 3.63) is 0 Å². The Hall–Kier alpha value is -0.0400. The third-order valence-corrected chi connectivity index (χ3v) is 3.60. The minimum Gasteiger partial charge on any atom is -0.379 e. The zero-order valence-corrected chi connectivity index (χ0v) is 13.3. The van der Waals surface area contributed by atoms with Crippen LogP contribution in [0.1, 0.15) is 91.9 Å². The molecule has 0 aromatic rings. The second kappa shape index (κ2) is 13.4. The van der Waals surface area contributed by atoms with Crippen molar-refractivity contribution in [1.29, 1.82) is 0 Å². The van der Waals surface area contributed by atoms with Gasteiger partial charge in [0.1, 0.15) is 0 Å². The molecule has 0 amide bonds. The lowest BCUT2D eigenvalue weighted by molar-refractivity contribution is 0.0453. The van der Waals surface area contributed by atoms with Gasteiger partial charge in [0.15, 0.2) is 0 Å². The van der Waals surface area contributed by atoms with Gasteiger partial charge in [-0.25, -0.2) is 0 Å². The smallest absolute Gasteiger partial charge is 0.0519 e. The van der Waals surface area contributed by atoms with Crippen molar-refractivity contribution in [2.45, 2.75) is 98.0 Å². The molecule has 0 aliphatic heterocycles. The van der Waals surface area contributed by atoms with Crippen LogP contribution in [0.3, 0.4) is 0 Å². The number of hydrogen-bond donors (Lipinski definition) is 0. The van der Waals surface area contributed by atoms with E-state index in [0.29, 0.717) is 6.10 Å². The molecule has 18 heavy (non-hydrogen) atoms. The van der Waals surface area contributed by atoms with Crippen molar-refractivity contribution in [1.82, 2.24) is 0 Å². The van der Waals surface area contributed by atoms with Gasteiger partial charge in [-0.15, -0.1) is 0 Å². The summed E-state index contributed by atoms with van der Waals surface area (Å²) in [6.45, 7) is 9.83. The number of ether oxygens (including phenoxy) is 1. The van der Waals surface area contributed by atoms with Crippen LogP contribution in [0.25, 0.3) is 0 Å². The van der Waals surface area contributed by atoms with Gasteiger partial charge in [-0.1, -0.05) is 65.2 Å². The number of hydrogen-bond acceptors (Lipinski definition) is 1. The Bertz CT molecular complexity index is 142. The molecule has 110 valence electrons. The van der Waals surface area contributed by atoms with Crippen molar-refractivity contribution < 1.29 is 4.74 Å². The van der Waals surface area contributed by atoms with Crippen LogP contribution in [-0.2, 0) is 4.74 Å². The van der Waals surface area contributed by atoms with E-state index in [9.17, 15) is 0 Å². The van der Waals surface area contributed by atoms with Crippen LogP contribution >= 0.6 is 0 Å². The first-order chi connectivity index (χ1) is 8.70. The van der Waals surface area contributed by atoms with Gasteiger partial charge in [0.2, 0.25) is 0 Å². The van der Waals surface area contributed by atoms with Crippen LogP contribution in [0.2, 0.25) is 0 Å². The van der Waals surface area contributed by atoms with Crippen molar-refractivity contribution >= 4 is 0 Å². The molecule has 0 fully saturated rings. The topological polar surface area (TPSA) is 9.23 Å². The molecule has 0 radical (unpaired) electrons. The molecule has 0 unspecified atom stereocenters. The predicted octanol–water partition coefficient (Wildman–Crippen LogP) is 5.97. The molecule has 0 aromatic heterocycles. The minimum atomic E-state index is 0.388. The molecule has 0 atom stereocenters. The maximum absolute atomic E-state index is 5.82. The highest BCUT2D eigenvalue weighted by atomic mass is 16.5. The van der Waals surface area contributed by atoms with E-state index in [0.717, 1.165) is 12.5 Å². The van der Waals surface area contributed by atoms with Gasteiger partial charge >= 0.3 is 0 Å². The van der Waals surface area contributed by atoms with Gasteiger partial charge in [0, 0.05) is 6.61 Å². The average molecular weight is 256 g/mol. The van der Waals surface area contributed by atoms with Crippen LogP contribution in [0.5, 0.6) is 0 Å². The molecular formula is C17H36O. The normalized spacial score (nSPS) is 11.7. The molecule has 1 nitrogen and oxygen atoms in total. The summed E-state index contributed by atoms with van der Waals surface area (Å²) in [5, 5.41) is 0. The molecule has 0 saturated heterocycles. The molecule has 0 aliphatic carbocycles. The van der Waals surface area contributed by atoms with Gasteiger partial charge in [0.25, 0.3) is 0 Å². The molecule has 0 spiro atoms. The molecular weight excluding hydrogens is 220 g/mol. The van der Waals surface area contributed by atoms with Crippen LogP contribution in [-0.4, -0.2) is 12.7 Å². The molecule has 0 heterocycles. The van der Waals surface area contributed by atoms with Crippen molar-refractivity contribution in [2.75, 3.05) is 6.61 Å². The summed E-state index contributed by atoms with van der Waals surface area (Å²) in [6, 6.07) is 0. The lowest BCUT2D eigenvalue weighted by atomic mass is 9.95. The van der Waals surface area contributed by atoms with Crippen LogP contribution in [0.4, 0.5) is 0 Å². The average Bonchev–Trinajstić information content (AvgIpc) is 2.35. The molecule has 1 heteroatoms. The fourth-order valence-electron chi connectivity index (χ4n) is 2.36. The summed E-state index contributed by atoms with van der Waals surface area (Å²) >= 11 is 0. The second-order valence-electron chi connectivity index (χ2n) is 5.95. The quantitative estimate of drug-likeness (QED) is 0.369. The third kappa shape index (κ3) is 12.4. The van der Waals surface area contributed by atoms with E-state index >= 15 is 0 Å². The summed E-state index contributed by atoms with van der Waals surface area (Å²) in [6.07, 6.45) is 14.2. The first-order valence-corrected chi connectivity index (χ1v) is 8.32. The predicted molar refractivity (Wildman–Crippen MR) is 82.1 cm³/mol. The Balaban J connectivity index is 3.69. The van der Waals surface area contributed by atoms with Gasteiger partial charge in [-0.05, 0) is 32.6 Å². The fourth-order valence-corrected chi connectivity index (χ4v) is 2.36. The highest BCUT2D eigenvalue weighted by molar-refractivity contribution is 4.60. The molecule has 0 aliphatic rings. The summed E-state index contributed by atoms with van der Waals surface area (Å²) in [5.74, 6) is 0.807. The van der Waals surface area contributed by atoms with E-state index in [4.69, 9.17) is 4.74 Å². The lowest BCUT2D eigenvalue weighted by Gasteiger charge is -2.18. The zero-order chi connectivity index (χ0) is 13.6. The zero-order valence-electron chi connectivity index (χ0n) is 13.3. The van der Waals surface area contributed by atoms with E-state index in [2.05, 4.69) is 27.7 Å². The lowest BCUT2D eigenvalue weighted by Crippen LogP contribution is -2.14. The van der Waals surface area contributed by atoms with E-state index in [1.165, 1.54) is 64.2 Å². The maximum Gasteiger partial charge on any atom is 0.0519 e. The molecule has 0 bridgehead atoms. The summed E-state index contributed by atoms with van der Waals surface area (Å²) in [5.41, 5.74) is 0. The SMILES string of the molecule is CCCCCCC(CCCCCC)COC(C)C. The van der Waals surface area contributed by atoms with Gasteiger partial charge < -0.3 is 4.74 Å². The highest BCUT2D eigenvalue weighted by Gasteiger charge is 2.09. The Kier molecular flexibility index (Phi) is 13.4. The fraction of sp³-hybridized carbons (Fsp3) is 1.00. The van der Waals surface area contributed by atoms with Gasteiger partial charge in [-0.2, -0.15) is 0 Å². The van der Waals surface area contributed by atoms with Crippen LogP contribution in [0, 0.1) is 5.92 Å². The van der Waals surface area contributed by atoms with Gasteiger partial charge in [0.05, 0.1) is 6.10 Å². The Labute approximate surface area is 116 Å². The Morgan fingerprint density at radius 1 is 0.722 bits per heavy atom. The molecule has 0 rings (SSSR count). The van der Waals surface area contributed by atoms with Crippen molar-refractivity contribution in [3.8, 4) is 0 Å². The van der Waals surface area contributed by atoms with E-state index in [1.54, 1.807) is 0 Å². The summed E-state index contributed by atoms with van der Waals surface area (Å²) < 4.78 is 5.82. The standard InChI is InChI=1S/C17H36O/c1-5-7-9-11-13-17(15-18-16(3)4)14-12-10-8-6-2/h16-17H,5-15H2,1-4H3. The number of unbranched alkanes of at least 4 members (excludes halogenated alkanes) is 6. The molecule has 0 N–H and O–H groups in total. The molecule has 0 saturated carbocycles.